The van der Waals surface area contributed by atoms with Crippen LogP contribution >= 0.6 is 25.0 Å². The Bertz CT molecular complexity index is 264. The zero-order valence-electron chi connectivity index (χ0n) is 9.56. The zero-order chi connectivity index (χ0) is 11.6. The molecule has 2 N–H and O–H groups in total. The fraction of sp³-hybridized carbons (Fsp3) is 0.900. The molecule has 0 bridgehead atoms. The normalized spacial score (nSPS) is 28.2. The van der Waals surface area contributed by atoms with Gasteiger partial charge in [-0.15, -0.1) is 12.4 Å². The van der Waals surface area contributed by atoms with Crippen molar-refractivity contribution in [3.63, 3.8) is 0 Å². The van der Waals surface area contributed by atoms with E-state index in [2.05, 4.69) is 18.7 Å². The standard InChI is InChI=1S/C10H18FN3S.ClH/c1-10(2,15)9(13)6-14-5-7(11)3-8(14)4-12;/h7-9,15H,3,5-6,13H2,1-2H3;1H/t7-,8-,9+;/m0./s1. The third-order valence-corrected chi connectivity index (χ3v) is 3.17. The Labute approximate surface area is 108 Å². The smallest absolute Gasteiger partial charge is 0.115 e. The Morgan fingerprint density at radius 2 is 2.25 bits per heavy atom. The monoisotopic (exact) mass is 267 g/mol. The number of rotatable bonds is 3. The summed E-state index contributed by atoms with van der Waals surface area (Å²) in [5, 5.41) is 8.85. The first-order valence-electron chi connectivity index (χ1n) is 5.10. The highest BCUT2D eigenvalue weighted by molar-refractivity contribution is 7.81. The van der Waals surface area contributed by atoms with Crippen LogP contribution in [-0.4, -0.2) is 41.0 Å². The van der Waals surface area contributed by atoms with Gasteiger partial charge in [-0.2, -0.15) is 17.9 Å². The summed E-state index contributed by atoms with van der Waals surface area (Å²) < 4.78 is 12.8. The fourth-order valence-electron chi connectivity index (χ4n) is 1.66. The van der Waals surface area contributed by atoms with Gasteiger partial charge >= 0.3 is 0 Å². The van der Waals surface area contributed by atoms with Gasteiger partial charge in [0.25, 0.3) is 0 Å². The Balaban J connectivity index is 0.00000225. The number of alkyl halides is 1. The molecule has 0 amide bonds. The number of likely N-dealkylation sites (tertiary alicyclic amines) is 1. The van der Waals surface area contributed by atoms with Crippen molar-refractivity contribution in [3.05, 3.63) is 0 Å². The van der Waals surface area contributed by atoms with Crippen LogP contribution in [0.2, 0.25) is 0 Å². The lowest BCUT2D eigenvalue weighted by atomic mass is 10.0. The highest BCUT2D eigenvalue weighted by atomic mass is 35.5. The second-order valence-corrected chi connectivity index (χ2v) is 5.84. The summed E-state index contributed by atoms with van der Waals surface area (Å²) >= 11 is 4.38. The predicted octanol–water partition coefficient (Wildman–Crippen LogP) is 1.38. The Kier molecular flexibility index (Phi) is 6.05. The number of thiol groups is 1. The molecule has 1 saturated heterocycles. The van der Waals surface area contributed by atoms with Gasteiger partial charge in [0, 0.05) is 30.3 Å². The van der Waals surface area contributed by atoms with Crippen molar-refractivity contribution in [2.45, 2.75) is 43.3 Å². The average molecular weight is 268 g/mol. The van der Waals surface area contributed by atoms with Crippen LogP contribution in [0, 0.1) is 11.3 Å². The summed E-state index contributed by atoms with van der Waals surface area (Å²) in [6.45, 7) is 4.68. The highest BCUT2D eigenvalue weighted by Crippen LogP contribution is 2.23. The first kappa shape index (κ1) is 16.0. The maximum atomic E-state index is 13.1. The number of halogens is 2. The average Bonchev–Trinajstić information content (AvgIpc) is 2.44. The van der Waals surface area contributed by atoms with Crippen LogP contribution in [0.5, 0.6) is 0 Å². The van der Waals surface area contributed by atoms with Gasteiger partial charge in [0.1, 0.15) is 12.2 Å². The van der Waals surface area contributed by atoms with Gasteiger partial charge in [-0.1, -0.05) is 0 Å². The molecule has 1 aliphatic heterocycles. The Morgan fingerprint density at radius 1 is 1.69 bits per heavy atom. The predicted molar refractivity (Wildman–Crippen MR) is 68.8 cm³/mol. The maximum Gasteiger partial charge on any atom is 0.115 e. The molecule has 1 rings (SSSR count). The lowest BCUT2D eigenvalue weighted by Crippen LogP contribution is -2.49. The molecular formula is C10H19ClFN3S. The third kappa shape index (κ3) is 4.10. The Hall–Kier alpha value is -0.0200. The van der Waals surface area contributed by atoms with Crippen LogP contribution in [0.25, 0.3) is 0 Å². The van der Waals surface area contributed by atoms with Gasteiger partial charge in [0.05, 0.1) is 6.07 Å². The fourth-order valence-corrected chi connectivity index (χ4v) is 1.74. The molecule has 0 aromatic heterocycles. The van der Waals surface area contributed by atoms with E-state index < -0.39 is 6.17 Å². The minimum atomic E-state index is -0.898. The third-order valence-electron chi connectivity index (χ3n) is 2.84. The van der Waals surface area contributed by atoms with E-state index in [1.807, 2.05) is 18.7 Å². The van der Waals surface area contributed by atoms with Crippen molar-refractivity contribution in [3.8, 4) is 6.07 Å². The van der Waals surface area contributed by atoms with E-state index in [0.717, 1.165) is 0 Å². The minimum absolute atomic E-state index is 0. The summed E-state index contributed by atoms with van der Waals surface area (Å²) in [6.07, 6.45) is -0.596. The van der Waals surface area contributed by atoms with Crippen LogP contribution in [0.1, 0.15) is 20.3 Å². The van der Waals surface area contributed by atoms with Crippen molar-refractivity contribution >= 4 is 25.0 Å². The number of nitrogens with two attached hydrogens (primary N) is 1. The van der Waals surface area contributed by atoms with E-state index in [-0.39, 0.29) is 29.2 Å². The van der Waals surface area contributed by atoms with E-state index in [4.69, 9.17) is 11.0 Å². The summed E-state index contributed by atoms with van der Waals surface area (Å²) in [5.41, 5.74) is 5.94. The van der Waals surface area contributed by atoms with E-state index in [9.17, 15) is 4.39 Å². The van der Waals surface area contributed by atoms with Crippen LogP contribution in [0.15, 0.2) is 0 Å². The van der Waals surface area contributed by atoms with Crippen molar-refractivity contribution < 1.29 is 4.39 Å². The molecule has 0 radical (unpaired) electrons. The van der Waals surface area contributed by atoms with Crippen molar-refractivity contribution in [1.29, 1.82) is 5.26 Å². The summed E-state index contributed by atoms with van der Waals surface area (Å²) in [5.74, 6) is 0. The van der Waals surface area contributed by atoms with E-state index in [1.54, 1.807) is 0 Å². The second kappa shape index (κ2) is 6.06. The van der Waals surface area contributed by atoms with Gasteiger partial charge in [-0.25, -0.2) is 4.39 Å². The molecule has 0 aromatic rings. The van der Waals surface area contributed by atoms with Crippen LogP contribution < -0.4 is 5.73 Å². The zero-order valence-corrected chi connectivity index (χ0v) is 11.3. The molecule has 1 aliphatic rings. The van der Waals surface area contributed by atoms with Gasteiger partial charge < -0.3 is 5.73 Å². The molecular weight excluding hydrogens is 249 g/mol. The molecule has 16 heavy (non-hydrogen) atoms. The number of hydrogen-bond donors (Lipinski definition) is 2. The Morgan fingerprint density at radius 3 is 2.69 bits per heavy atom. The molecule has 1 fully saturated rings. The molecule has 1 heterocycles. The van der Waals surface area contributed by atoms with Gasteiger partial charge in [0.2, 0.25) is 0 Å². The van der Waals surface area contributed by atoms with Gasteiger partial charge in [0.15, 0.2) is 0 Å². The number of hydrogen-bond acceptors (Lipinski definition) is 4. The van der Waals surface area contributed by atoms with Crippen molar-refractivity contribution in [1.82, 2.24) is 4.90 Å². The van der Waals surface area contributed by atoms with Gasteiger partial charge in [-0.05, 0) is 13.8 Å². The van der Waals surface area contributed by atoms with Gasteiger partial charge in [-0.3, -0.25) is 4.90 Å². The van der Waals surface area contributed by atoms with E-state index in [1.165, 1.54) is 0 Å². The summed E-state index contributed by atoms with van der Waals surface area (Å²) in [6, 6.07) is 1.61. The molecule has 3 nitrogen and oxygen atoms in total. The quantitative estimate of drug-likeness (QED) is 0.760. The molecule has 0 aromatic carbocycles. The SMILES string of the molecule is CC(C)(S)[C@H](N)CN1C[C@@H](F)C[C@H]1C#N.Cl. The van der Waals surface area contributed by atoms with E-state index >= 15 is 0 Å². The molecule has 6 heteroatoms. The largest absolute Gasteiger partial charge is 0.325 e. The number of nitriles is 1. The molecule has 0 spiro atoms. The highest BCUT2D eigenvalue weighted by Gasteiger charge is 2.35. The summed E-state index contributed by atoms with van der Waals surface area (Å²) in [4.78, 5) is 1.81. The minimum Gasteiger partial charge on any atom is -0.325 e. The molecule has 0 saturated carbocycles. The lowest BCUT2D eigenvalue weighted by Gasteiger charge is -2.31. The topological polar surface area (TPSA) is 53.0 Å². The second-order valence-electron chi connectivity index (χ2n) is 4.69. The lowest BCUT2D eigenvalue weighted by molar-refractivity contribution is 0.244. The molecule has 0 unspecified atom stereocenters. The van der Waals surface area contributed by atoms with Crippen LogP contribution in [0.4, 0.5) is 4.39 Å². The summed E-state index contributed by atoms with van der Waals surface area (Å²) in [7, 11) is 0. The maximum absolute atomic E-state index is 13.1. The number of nitrogens with zero attached hydrogens (tertiary/aromatic N) is 2. The molecule has 0 aliphatic carbocycles. The van der Waals surface area contributed by atoms with Crippen LogP contribution in [0.3, 0.4) is 0 Å². The molecule has 3 atom stereocenters. The first-order valence-corrected chi connectivity index (χ1v) is 5.55. The molecule has 94 valence electrons. The first-order chi connectivity index (χ1) is 6.84. The van der Waals surface area contributed by atoms with Crippen LogP contribution in [-0.2, 0) is 0 Å². The van der Waals surface area contributed by atoms with Crippen molar-refractivity contribution in [2.75, 3.05) is 13.1 Å². The van der Waals surface area contributed by atoms with E-state index in [0.29, 0.717) is 19.5 Å². The van der Waals surface area contributed by atoms with Crippen molar-refractivity contribution in [2.24, 2.45) is 5.73 Å².